The molecule has 3 aromatic rings. The van der Waals surface area contributed by atoms with E-state index in [-0.39, 0.29) is 17.0 Å². The number of rotatable bonds is 3. The molecule has 3 heterocycles. The van der Waals surface area contributed by atoms with Gasteiger partial charge >= 0.3 is 0 Å². The number of nitrogens with zero attached hydrogens (tertiary/aromatic N) is 5. The van der Waals surface area contributed by atoms with Gasteiger partial charge in [-0.15, -0.1) is 0 Å². The lowest BCUT2D eigenvalue weighted by atomic mass is 9.86. The number of piperazine rings is 1. The summed E-state index contributed by atoms with van der Waals surface area (Å²) in [5, 5.41) is 9.35. The maximum absolute atomic E-state index is 12.7. The molecule has 1 fully saturated rings. The first-order chi connectivity index (χ1) is 15.6. The van der Waals surface area contributed by atoms with E-state index in [1.807, 2.05) is 6.07 Å². The Morgan fingerprint density at radius 2 is 1.76 bits per heavy atom. The normalized spacial score (nSPS) is 19.6. The lowest BCUT2D eigenvalue weighted by Crippen LogP contribution is -2.56. The number of hydrogen-bond donors (Lipinski definition) is 0. The monoisotopic (exact) mass is 443 g/mol. The second-order valence-corrected chi connectivity index (χ2v) is 10.3. The van der Waals surface area contributed by atoms with Gasteiger partial charge in [-0.25, -0.2) is 4.98 Å². The summed E-state index contributed by atoms with van der Waals surface area (Å²) in [6.07, 6.45) is 0. The SMILES string of the molecule is C[C@@H]1CN(c2cc(=O)n(C)c3ccc(C#N)nc23)[C@@H](C)CN1Cc1ccc(C(C)(C)C)cc1. The average molecular weight is 444 g/mol. The summed E-state index contributed by atoms with van der Waals surface area (Å²) in [5.74, 6) is 0. The number of benzene rings is 1. The van der Waals surface area contributed by atoms with Crippen molar-refractivity contribution < 1.29 is 0 Å². The molecule has 1 aliphatic rings. The molecule has 2 atom stereocenters. The van der Waals surface area contributed by atoms with Gasteiger partial charge in [0.15, 0.2) is 0 Å². The first-order valence-corrected chi connectivity index (χ1v) is 11.6. The summed E-state index contributed by atoms with van der Waals surface area (Å²) in [7, 11) is 1.75. The molecule has 0 saturated carbocycles. The van der Waals surface area contributed by atoms with Gasteiger partial charge in [-0.3, -0.25) is 9.69 Å². The number of aromatic nitrogens is 2. The smallest absolute Gasteiger partial charge is 0.252 e. The van der Waals surface area contributed by atoms with E-state index in [0.29, 0.717) is 17.3 Å². The lowest BCUT2D eigenvalue weighted by Gasteiger charge is -2.45. The Labute approximate surface area is 196 Å². The van der Waals surface area contributed by atoms with Gasteiger partial charge in [0.05, 0.1) is 11.2 Å². The number of fused-ring (bicyclic) bond motifs is 1. The number of pyridine rings is 2. The predicted molar refractivity (Wildman–Crippen MR) is 134 cm³/mol. The van der Waals surface area contributed by atoms with Crippen molar-refractivity contribution in [1.29, 1.82) is 5.26 Å². The van der Waals surface area contributed by atoms with Crippen LogP contribution in [0.4, 0.5) is 5.69 Å². The third-order valence-electron chi connectivity index (χ3n) is 6.81. The highest BCUT2D eigenvalue weighted by molar-refractivity contribution is 5.89. The Hall–Kier alpha value is -3.17. The molecule has 0 amide bonds. The van der Waals surface area contributed by atoms with E-state index in [0.717, 1.165) is 30.8 Å². The zero-order chi connectivity index (χ0) is 23.9. The standard InChI is InChI=1S/C27H33N5O/c1-18-16-32(24-13-25(33)30(6)23-12-11-22(14-28)29-26(23)24)19(2)15-31(18)17-20-7-9-21(10-8-20)27(3,4)5/h7-13,18-19H,15-17H2,1-6H3/t18-,19+/m1/s1. The van der Waals surface area contributed by atoms with Crippen LogP contribution in [0.5, 0.6) is 0 Å². The van der Waals surface area contributed by atoms with Crippen LogP contribution in [0.25, 0.3) is 11.0 Å². The van der Waals surface area contributed by atoms with E-state index < -0.39 is 0 Å². The van der Waals surface area contributed by atoms with Crippen molar-refractivity contribution in [2.75, 3.05) is 18.0 Å². The number of aryl methyl sites for hydroxylation is 1. The van der Waals surface area contributed by atoms with Crippen LogP contribution in [0.1, 0.15) is 51.4 Å². The van der Waals surface area contributed by atoms with E-state index in [1.165, 1.54) is 11.1 Å². The molecule has 0 bridgehead atoms. The molecule has 0 unspecified atom stereocenters. The molecular weight excluding hydrogens is 410 g/mol. The predicted octanol–water partition coefficient (Wildman–Crippen LogP) is 4.20. The molecule has 2 aromatic heterocycles. The molecular formula is C27H33N5O. The Bertz CT molecular complexity index is 1260. The van der Waals surface area contributed by atoms with Crippen molar-refractivity contribution in [3.63, 3.8) is 0 Å². The number of nitriles is 1. The third-order valence-corrected chi connectivity index (χ3v) is 6.81. The van der Waals surface area contributed by atoms with E-state index >= 15 is 0 Å². The van der Waals surface area contributed by atoms with E-state index in [9.17, 15) is 10.1 Å². The van der Waals surface area contributed by atoms with Gasteiger partial charge in [0.2, 0.25) is 0 Å². The second kappa shape index (κ2) is 8.64. The minimum absolute atomic E-state index is 0.0646. The number of anilines is 1. The molecule has 172 valence electrons. The van der Waals surface area contributed by atoms with Crippen molar-refractivity contribution in [2.45, 2.75) is 58.7 Å². The average Bonchev–Trinajstić information content (AvgIpc) is 2.78. The number of hydrogen-bond acceptors (Lipinski definition) is 5. The van der Waals surface area contributed by atoms with E-state index in [1.54, 1.807) is 23.7 Å². The molecule has 1 aliphatic heterocycles. The molecule has 0 radical (unpaired) electrons. The summed E-state index contributed by atoms with van der Waals surface area (Å²) in [5.41, 5.74) is 5.39. The summed E-state index contributed by atoms with van der Waals surface area (Å²) in [6, 6.07) is 16.8. The minimum Gasteiger partial charge on any atom is -0.364 e. The van der Waals surface area contributed by atoms with Crippen LogP contribution in [0.3, 0.4) is 0 Å². The quantitative estimate of drug-likeness (QED) is 0.607. The Morgan fingerprint density at radius 3 is 2.39 bits per heavy atom. The highest BCUT2D eigenvalue weighted by Crippen LogP contribution is 2.29. The Balaban J connectivity index is 1.60. The fraction of sp³-hybridized carbons (Fsp3) is 0.444. The van der Waals surface area contributed by atoms with Crippen LogP contribution in [-0.4, -0.2) is 39.6 Å². The molecule has 0 aliphatic carbocycles. The van der Waals surface area contributed by atoms with Crippen molar-refractivity contribution in [3.8, 4) is 6.07 Å². The second-order valence-electron chi connectivity index (χ2n) is 10.3. The van der Waals surface area contributed by atoms with Gasteiger partial charge in [0.1, 0.15) is 17.3 Å². The summed E-state index contributed by atoms with van der Waals surface area (Å²) < 4.78 is 1.60. The molecule has 1 aromatic carbocycles. The maximum Gasteiger partial charge on any atom is 0.252 e. The minimum atomic E-state index is -0.0646. The topological polar surface area (TPSA) is 65.2 Å². The molecule has 0 N–H and O–H groups in total. The van der Waals surface area contributed by atoms with Crippen molar-refractivity contribution >= 4 is 16.7 Å². The first kappa shape index (κ1) is 23.0. The van der Waals surface area contributed by atoms with Crippen LogP contribution in [0.15, 0.2) is 47.3 Å². The Kier molecular flexibility index (Phi) is 6.02. The van der Waals surface area contributed by atoms with Gasteiger partial charge in [0.25, 0.3) is 5.56 Å². The third kappa shape index (κ3) is 4.51. The molecule has 33 heavy (non-hydrogen) atoms. The van der Waals surface area contributed by atoms with Crippen LogP contribution >= 0.6 is 0 Å². The largest absolute Gasteiger partial charge is 0.364 e. The zero-order valence-corrected chi connectivity index (χ0v) is 20.5. The fourth-order valence-electron chi connectivity index (χ4n) is 4.69. The summed E-state index contributed by atoms with van der Waals surface area (Å²) in [6.45, 7) is 13.7. The van der Waals surface area contributed by atoms with Gasteiger partial charge in [-0.2, -0.15) is 5.26 Å². The highest BCUT2D eigenvalue weighted by Gasteiger charge is 2.31. The Morgan fingerprint density at radius 1 is 1.06 bits per heavy atom. The lowest BCUT2D eigenvalue weighted by molar-refractivity contribution is 0.158. The van der Waals surface area contributed by atoms with Gasteiger partial charge in [0, 0.05) is 44.8 Å². The van der Waals surface area contributed by atoms with Gasteiger partial charge in [-0.1, -0.05) is 45.0 Å². The molecule has 0 spiro atoms. The highest BCUT2D eigenvalue weighted by atomic mass is 16.1. The zero-order valence-electron chi connectivity index (χ0n) is 20.5. The molecule has 1 saturated heterocycles. The van der Waals surface area contributed by atoms with Gasteiger partial charge in [-0.05, 0) is 42.5 Å². The van der Waals surface area contributed by atoms with Crippen LogP contribution in [0, 0.1) is 11.3 Å². The van der Waals surface area contributed by atoms with Crippen molar-refractivity contribution in [1.82, 2.24) is 14.5 Å². The van der Waals surface area contributed by atoms with Crippen molar-refractivity contribution in [2.24, 2.45) is 7.05 Å². The molecule has 4 rings (SSSR count). The fourth-order valence-corrected chi connectivity index (χ4v) is 4.69. The first-order valence-electron chi connectivity index (χ1n) is 11.6. The van der Waals surface area contributed by atoms with E-state index in [2.05, 4.69) is 79.7 Å². The maximum atomic E-state index is 12.7. The van der Waals surface area contributed by atoms with Crippen LogP contribution in [0.2, 0.25) is 0 Å². The summed E-state index contributed by atoms with van der Waals surface area (Å²) >= 11 is 0. The van der Waals surface area contributed by atoms with Gasteiger partial charge < -0.3 is 9.47 Å². The van der Waals surface area contributed by atoms with E-state index in [4.69, 9.17) is 0 Å². The molecule has 6 nitrogen and oxygen atoms in total. The summed E-state index contributed by atoms with van der Waals surface area (Å²) in [4.78, 5) is 22.0. The van der Waals surface area contributed by atoms with Crippen LogP contribution < -0.4 is 10.5 Å². The molecule has 6 heteroatoms. The van der Waals surface area contributed by atoms with Crippen molar-refractivity contribution in [3.05, 3.63) is 69.6 Å². The van der Waals surface area contributed by atoms with Crippen LogP contribution in [-0.2, 0) is 19.0 Å².